The van der Waals surface area contributed by atoms with Gasteiger partial charge in [-0.1, -0.05) is 12.1 Å². The fourth-order valence-corrected chi connectivity index (χ4v) is 1.71. The largest absolute Gasteiger partial charge is 0.448 e. The van der Waals surface area contributed by atoms with Crippen molar-refractivity contribution < 1.29 is 18.7 Å². The van der Waals surface area contributed by atoms with Crippen LogP contribution in [0.1, 0.15) is 23.0 Å². The van der Waals surface area contributed by atoms with E-state index in [0.717, 1.165) is 5.56 Å². The van der Waals surface area contributed by atoms with Crippen LogP contribution >= 0.6 is 0 Å². The smallest absolute Gasteiger partial charge is 0.361 e. The van der Waals surface area contributed by atoms with Gasteiger partial charge in [-0.25, -0.2) is 19.2 Å². The second-order valence-corrected chi connectivity index (χ2v) is 4.68. The van der Waals surface area contributed by atoms with Gasteiger partial charge in [-0.15, -0.1) is 0 Å². The number of benzene rings is 1. The molecule has 0 spiro atoms. The number of esters is 1. The van der Waals surface area contributed by atoms with Gasteiger partial charge in [-0.3, -0.25) is 4.79 Å². The van der Waals surface area contributed by atoms with Crippen LogP contribution in [0.15, 0.2) is 36.7 Å². The highest BCUT2D eigenvalue weighted by molar-refractivity contribution is 5.93. The molecule has 0 radical (unpaired) electrons. The maximum absolute atomic E-state index is 12.8. The van der Waals surface area contributed by atoms with Gasteiger partial charge >= 0.3 is 5.97 Å². The predicted molar refractivity (Wildman–Crippen MR) is 79.6 cm³/mol. The number of aromatic nitrogens is 2. The van der Waals surface area contributed by atoms with Crippen LogP contribution in [0.25, 0.3) is 0 Å². The monoisotopic (exact) mass is 318 g/mol. The molecular formula is C15H15FN4O3. The van der Waals surface area contributed by atoms with Gasteiger partial charge in [0.05, 0.1) is 0 Å². The third kappa shape index (κ3) is 4.47. The fraction of sp³-hybridized carbons (Fsp3) is 0.200. The Balaban J connectivity index is 1.88. The van der Waals surface area contributed by atoms with Gasteiger partial charge in [-0.2, -0.15) is 0 Å². The van der Waals surface area contributed by atoms with E-state index in [9.17, 15) is 14.0 Å². The van der Waals surface area contributed by atoms with E-state index in [1.165, 1.54) is 31.5 Å². The number of hydrogen-bond donors (Lipinski definition) is 2. The van der Waals surface area contributed by atoms with Crippen molar-refractivity contribution in [2.45, 2.75) is 19.6 Å². The molecule has 3 N–H and O–H groups in total. The normalized spacial score (nSPS) is 11.6. The van der Waals surface area contributed by atoms with Crippen molar-refractivity contribution in [1.29, 1.82) is 0 Å². The molecular weight excluding hydrogens is 303 g/mol. The molecule has 1 aromatic heterocycles. The molecule has 0 bridgehead atoms. The van der Waals surface area contributed by atoms with Gasteiger partial charge in [0, 0.05) is 18.9 Å². The Labute approximate surface area is 131 Å². The number of halogens is 1. The number of anilines is 1. The SMILES string of the molecule is CC(OC(=O)c1nccnc1N)C(=O)NCc1ccc(F)cc1. The molecule has 2 aromatic rings. The molecule has 0 saturated heterocycles. The predicted octanol–water partition coefficient (Wildman–Crippen LogP) is 1.06. The van der Waals surface area contributed by atoms with Gasteiger partial charge in [-0.05, 0) is 24.6 Å². The Morgan fingerprint density at radius 3 is 2.57 bits per heavy atom. The highest BCUT2D eigenvalue weighted by Crippen LogP contribution is 2.07. The zero-order valence-corrected chi connectivity index (χ0v) is 12.3. The summed E-state index contributed by atoms with van der Waals surface area (Å²) in [6.45, 7) is 1.61. The second-order valence-electron chi connectivity index (χ2n) is 4.68. The lowest BCUT2D eigenvalue weighted by Crippen LogP contribution is -2.35. The number of amides is 1. The molecule has 1 atom stereocenters. The van der Waals surface area contributed by atoms with Crippen LogP contribution in [-0.4, -0.2) is 27.9 Å². The van der Waals surface area contributed by atoms with Gasteiger partial charge in [0.15, 0.2) is 17.6 Å². The Hall–Kier alpha value is -3.03. The van der Waals surface area contributed by atoms with Crippen molar-refractivity contribution in [3.05, 3.63) is 53.7 Å². The lowest BCUT2D eigenvalue weighted by molar-refractivity contribution is -0.129. The molecule has 1 unspecified atom stereocenters. The molecule has 1 amide bonds. The zero-order valence-electron chi connectivity index (χ0n) is 12.3. The number of hydrogen-bond acceptors (Lipinski definition) is 6. The minimum Gasteiger partial charge on any atom is -0.448 e. The molecule has 0 fully saturated rings. The van der Waals surface area contributed by atoms with Crippen molar-refractivity contribution >= 4 is 17.7 Å². The van der Waals surface area contributed by atoms with E-state index in [2.05, 4.69) is 15.3 Å². The van der Waals surface area contributed by atoms with Crippen LogP contribution < -0.4 is 11.1 Å². The van der Waals surface area contributed by atoms with E-state index >= 15 is 0 Å². The van der Waals surface area contributed by atoms with Crippen LogP contribution in [0.3, 0.4) is 0 Å². The molecule has 0 aliphatic rings. The van der Waals surface area contributed by atoms with E-state index in [0.29, 0.717) is 0 Å². The van der Waals surface area contributed by atoms with Gasteiger partial charge in [0.1, 0.15) is 5.82 Å². The Morgan fingerprint density at radius 2 is 1.91 bits per heavy atom. The molecule has 1 aromatic carbocycles. The van der Waals surface area contributed by atoms with Crippen molar-refractivity contribution in [2.75, 3.05) is 5.73 Å². The molecule has 8 heteroatoms. The van der Waals surface area contributed by atoms with Crippen molar-refractivity contribution in [3.8, 4) is 0 Å². The number of ether oxygens (including phenoxy) is 1. The number of nitrogen functional groups attached to an aromatic ring is 1. The van der Waals surface area contributed by atoms with Crippen molar-refractivity contribution in [2.24, 2.45) is 0 Å². The minimum absolute atomic E-state index is 0.0728. The molecule has 1 heterocycles. The molecule has 0 aliphatic heterocycles. The molecule has 7 nitrogen and oxygen atoms in total. The number of nitrogens with one attached hydrogen (secondary N) is 1. The lowest BCUT2D eigenvalue weighted by Gasteiger charge is -2.13. The van der Waals surface area contributed by atoms with Crippen LogP contribution in [-0.2, 0) is 16.1 Å². The first kappa shape index (κ1) is 16.3. The fourth-order valence-electron chi connectivity index (χ4n) is 1.71. The minimum atomic E-state index is -1.04. The maximum Gasteiger partial charge on any atom is 0.361 e. The summed E-state index contributed by atoms with van der Waals surface area (Å²) in [4.78, 5) is 31.3. The lowest BCUT2D eigenvalue weighted by atomic mass is 10.2. The van der Waals surface area contributed by atoms with Crippen LogP contribution in [0.2, 0.25) is 0 Å². The average Bonchev–Trinajstić information content (AvgIpc) is 2.54. The third-order valence-corrected chi connectivity index (χ3v) is 2.95. The Kier molecular flexibility index (Phi) is 5.19. The summed E-state index contributed by atoms with van der Waals surface area (Å²) in [5.41, 5.74) is 6.09. The van der Waals surface area contributed by atoms with Gasteiger partial charge in [0.25, 0.3) is 5.91 Å². The van der Waals surface area contributed by atoms with Gasteiger partial charge in [0.2, 0.25) is 0 Å². The summed E-state index contributed by atoms with van der Waals surface area (Å²) in [6.07, 6.45) is 1.60. The number of carbonyl (C=O) groups is 2. The number of nitrogens with two attached hydrogens (primary N) is 1. The Bertz CT molecular complexity index is 706. The molecule has 120 valence electrons. The quantitative estimate of drug-likeness (QED) is 0.798. The van der Waals surface area contributed by atoms with Crippen LogP contribution in [0.4, 0.5) is 10.2 Å². The number of nitrogens with zero attached hydrogens (tertiary/aromatic N) is 2. The standard InChI is InChI=1S/C15H15FN4O3/c1-9(23-15(22)12-13(17)19-7-6-18-12)14(21)20-8-10-2-4-11(16)5-3-10/h2-7,9H,8H2,1H3,(H2,17,19)(H,20,21). The summed E-state index contributed by atoms with van der Waals surface area (Å²) in [5, 5.41) is 2.58. The van der Waals surface area contributed by atoms with E-state index in [4.69, 9.17) is 10.5 Å². The summed E-state index contributed by atoms with van der Waals surface area (Å²) in [5.74, 6) is -1.76. The number of rotatable bonds is 5. The summed E-state index contributed by atoms with van der Waals surface area (Å²) in [6, 6.07) is 5.68. The Morgan fingerprint density at radius 1 is 1.26 bits per heavy atom. The van der Waals surface area contributed by atoms with Crippen molar-refractivity contribution in [1.82, 2.24) is 15.3 Å². The number of carbonyl (C=O) groups excluding carboxylic acids is 2. The molecule has 23 heavy (non-hydrogen) atoms. The van der Waals surface area contributed by atoms with E-state index in [1.807, 2.05) is 0 Å². The first-order valence-corrected chi connectivity index (χ1v) is 6.77. The van der Waals surface area contributed by atoms with E-state index < -0.39 is 18.0 Å². The molecule has 2 rings (SSSR count). The maximum atomic E-state index is 12.8. The highest BCUT2D eigenvalue weighted by Gasteiger charge is 2.21. The molecule has 0 aliphatic carbocycles. The second kappa shape index (κ2) is 7.30. The summed E-state index contributed by atoms with van der Waals surface area (Å²) in [7, 11) is 0. The summed E-state index contributed by atoms with van der Waals surface area (Å²) < 4.78 is 17.8. The topological polar surface area (TPSA) is 107 Å². The van der Waals surface area contributed by atoms with Crippen LogP contribution in [0, 0.1) is 5.82 Å². The van der Waals surface area contributed by atoms with Gasteiger partial charge < -0.3 is 15.8 Å². The first-order valence-electron chi connectivity index (χ1n) is 6.77. The van der Waals surface area contributed by atoms with E-state index in [-0.39, 0.29) is 23.9 Å². The highest BCUT2D eigenvalue weighted by atomic mass is 19.1. The molecule has 0 saturated carbocycles. The van der Waals surface area contributed by atoms with E-state index in [1.54, 1.807) is 12.1 Å². The third-order valence-electron chi connectivity index (χ3n) is 2.95. The van der Waals surface area contributed by atoms with Crippen molar-refractivity contribution in [3.63, 3.8) is 0 Å². The zero-order chi connectivity index (χ0) is 16.8. The van der Waals surface area contributed by atoms with Crippen LogP contribution in [0.5, 0.6) is 0 Å². The summed E-state index contributed by atoms with van der Waals surface area (Å²) >= 11 is 0. The average molecular weight is 318 g/mol. The first-order chi connectivity index (χ1) is 11.0.